The highest BCUT2D eigenvalue weighted by Crippen LogP contribution is 2.56. The first-order valence-electron chi connectivity index (χ1n) is 10.9. The van der Waals surface area contributed by atoms with Crippen LogP contribution in [0, 0.1) is 11.4 Å². The first-order chi connectivity index (χ1) is 15.5. The Labute approximate surface area is 190 Å². The number of anilines is 2. The van der Waals surface area contributed by atoms with Gasteiger partial charge in [-0.25, -0.2) is 9.78 Å². The summed E-state index contributed by atoms with van der Waals surface area (Å²) in [5.41, 5.74) is -0.561. The summed E-state index contributed by atoms with van der Waals surface area (Å²) < 4.78 is 19.1. The zero-order valence-electron chi connectivity index (χ0n) is 18.8. The van der Waals surface area contributed by atoms with Gasteiger partial charge in [-0.15, -0.1) is 0 Å². The van der Waals surface area contributed by atoms with Crippen LogP contribution in [0.3, 0.4) is 0 Å². The molecule has 0 aromatic carbocycles. The Balaban J connectivity index is 1.32. The van der Waals surface area contributed by atoms with Gasteiger partial charge in [-0.1, -0.05) is 6.07 Å². The molecule has 2 aliphatic rings. The Hall–Kier alpha value is -3.43. The number of amides is 2. The minimum Gasteiger partial charge on any atom is -0.444 e. The van der Waals surface area contributed by atoms with Gasteiger partial charge in [-0.3, -0.25) is 9.59 Å². The van der Waals surface area contributed by atoms with E-state index in [0.717, 1.165) is 31.7 Å². The highest BCUT2D eigenvalue weighted by Gasteiger charge is 2.53. The molecule has 2 amide bonds. The lowest BCUT2D eigenvalue weighted by Crippen LogP contribution is -2.59. The average molecular weight is 458 g/mol. The van der Waals surface area contributed by atoms with Crippen molar-refractivity contribution < 1.29 is 18.7 Å². The van der Waals surface area contributed by atoms with Crippen molar-refractivity contribution in [2.75, 3.05) is 10.6 Å². The average Bonchev–Trinajstić information content (AvgIpc) is 2.63. The van der Waals surface area contributed by atoms with Crippen LogP contribution in [0.2, 0.25) is 0 Å². The molecule has 2 aromatic heterocycles. The number of carbonyl (C=O) groups is 2. The van der Waals surface area contributed by atoms with Crippen LogP contribution in [0.4, 0.5) is 20.8 Å². The van der Waals surface area contributed by atoms with Gasteiger partial charge in [0, 0.05) is 18.2 Å². The number of nitrogens with zero attached hydrogens (tertiary/aromatic N) is 1. The number of pyridine rings is 2. The number of H-pyrrole nitrogens is 1. The summed E-state index contributed by atoms with van der Waals surface area (Å²) in [7, 11) is 0. The molecule has 9 nitrogen and oxygen atoms in total. The molecule has 2 heterocycles. The van der Waals surface area contributed by atoms with E-state index < -0.39 is 23.5 Å². The lowest BCUT2D eigenvalue weighted by molar-refractivity contribution is -0.0179. The van der Waals surface area contributed by atoms with Gasteiger partial charge in [0.05, 0.1) is 5.56 Å². The lowest BCUT2D eigenvalue weighted by Gasteiger charge is -2.57. The second-order valence-corrected chi connectivity index (χ2v) is 9.91. The summed E-state index contributed by atoms with van der Waals surface area (Å²) in [6.07, 6.45) is 2.98. The maximum Gasteiger partial charge on any atom is 0.407 e. The van der Waals surface area contributed by atoms with Crippen molar-refractivity contribution in [2.45, 2.75) is 64.1 Å². The molecule has 176 valence electrons. The Bertz CT molecular complexity index is 1110. The Kier molecular flexibility index (Phi) is 5.85. The van der Waals surface area contributed by atoms with Crippen molar-refractivity contribution in [1.82, 2.24) is 15.3 Å². The Morgan fingerprint density at radius 2 is 1.82 bits per heavy atom. The van der Waals surface area contributed by atoms with E-state index in [2.05, 4.69) is 25.9 Å². The van der Waals surface area contributed by atoms with E-state index in [-0.39, 0.29) is 40.3 Å². The standard InChI is InChI=1S/C23H28FN5O4/c1-22(2,3)33-21(32)26-14-11-23(12-14)9-13(10-23)25-19-15(7-8-16(24)27-19)20(31)29-17-5-4-6-18(30)28-17/h4-8,13-14H,9-12H2,1-3H3,(H,25,27)(H,26,32)(H2,28,29,30,31). The molecule has 0 atom stereocenters. The number of halogens is 1. The minimum absolute atomic E-state index is 0.0462. The topological polar surface area (TPSA) is 125 Å². The minimum atomic E-state index is -0.693. The van der Waals surface area contributed by atoms with Gasteiger partial charge < -0.3 is 25.7 Å². The Morgan fingerprint density at radius 1 is 1.12 bits per heavy atom. The predicted octanol–water partition coefficient (Wildman–Crippen LogP) is 3.41. The van der Waals surface area contributed by atoms with Crippen molar-refractivity contribution in [1.29, 1.82) is 0 Å². The molecule has 0 saturated heterocycles. The molecule has 2 saturated carbocycles. The normalized spacial score (nSPS) is 23.8. The van der Waals surface area contributed by atoms with Crippen LogP contribution in [-0.4, -0.2) is 39.7 Å². The zero-order valence-corrected chi connectivity index (χ0v) is 18.8. The van der Waals surface area contributed by atoms with Gasteiger partial charge >= 0.3 is 6.09 Å². The molecule has 2 aromatic rings. The van der Waals surface area contributed by atoms with Crippen molar-refractivity contribution >= 4 is 23.6 Å². The first kappa shape index (κ1) is 22.8. The van der Waals surface area contributed by atoms with Crippen molar-refractivity contribution in [3.63, 3.8) is 0 Å². The number of aromatic amines is 1. The number of carbonyl (C=O) groups excluding carboxylic acids is 2. The van der Waals surface area contributed by atoms with Crippen LogP contribution in [0.5, 0.6) is 0 Å². The maximum absolute atomic E-state index is 13.8. The van der Waals surface area contributed by atoms with Crippen LogP contribution < -0.4 is 21.5 Å². The van der Waals surface area contributed by atoms with E-state index >= 15 is 0 Å². The molecule has 1 spiro atoms. The van der Waals surface area contributed by atoms with Gasteiger partial charge in [0.1, 0.15) is 17.2 Å². The molecule has 33 heavy (non-hydrogen) atoms. The molecular formula is C23H28FN5O4. The van der Waals surface area contributed by atoms with Crippen molar-refractivity contribution in [3.8, 4) is 0 Å². The maximum atomic E-state index is 13.8. The summed E-state index contributed by atoms with van der Waals surface area (Å²) in [6.45, 7) is 5.47. The first-order valence-corrected chi connectivity index (χ1v) is 10.9. The van der Waals surface area contributed by atoms with Crippen LogP contribution in [-0.2, 0) is 4.74 Å². The number of hydrogen-bond donors (Lipinski definition) is 4. The van der Waals surface area contributed by atoms with Gasteiger partial charge in [0.2, 0.25) is 11.5 Å². The third kappa shape index (κ3) is 5.50. The Morgan fingerprint density at radius 3 is 2.48 bits per heavy atom. The van der Waals surface area contributed by atoms with Gasteiger partial charge in [0.25, 0.3) is 5.91 Å². The van der Waals surface area contributed by atoms with E-state index in [1.54, 1.807) is 6.07 Å². The second-order valence-electron chi connectivity index (χ2n) is 9.91. The summed E-state index contributed by atoms with van der Waals surface area (Å²) in [6, 6.07) is 7.02. The van der Waals surface area contributed by atoms with E-state index in [1.165, 1.54) is 18.2 Å². The largest absolute Gasteiger partial charge is 0.444 e. The third-order valence-corrected chi connectivity index (χ3v) is 5.90. The fourth-order valence-electron chi connectivity index (χ4n) is 4.62. The molecule has 0 unspecified atom stereocenters. The number of aromatic nitrogens is 2. The molecule has 4 rings (SSSR count). The predicted molar refractivity (Wildman–Crippen MR) is 121 cm³/mol. The fraction of sp³-hybridized carbons (Fsp3) is 0.478. The zero-order chi connectivity index (χ0) is 23.8. The number of alkyl carbamates (subject to hydrolysis) is 1. The highest BCUT2D eigenvalue weighted by atomic mass is 19.1. The van der Waals surface area contributed by atoms with E-state index in [1.807, 2.05) is 20.8 Å². The molecule has 0 bridgehead atoms. The summed E-state index contributed by atoms with van der Waals surface area (Å²) in [5, 5.41) is 8.68. The number of rotatable bonds is 5. The van der Waals surface area contributed by atoms with Crippen LogP contribution in [0.1, 0.15) is 56.8 Å². The van der Waals surface area contributed by atoms with Gasteiger partial charge in [0.15, 0.2) is 0 Å². The molecule has 4 N–H and O–H groups in total. The SMILES string of the molecule is CC(C)(C)OC(=O)NC1CC2(C1)CC(Nc1nc(F)ccc1C(=O)Nc1cccc(=O)[nH]1)C2. The van der Waals surface area contributed by atoms with Gasteiger partial charge in [-0.2, -0.15) is 4.39 Å². The van der Waals surface area contributed by atoms with Crippen molar-refractivity contribution in [2.24, 2.45) is 5.41 Å². The summed E-state index contributed by atoms with van der Waals surface area (Å²) in [4.78, 5) is 42.4. The number of ether oxygens (including phenoxy) is 1. The lowest BCUT2D eigenvalue weighted by atomic mass is 9.52. The molecular weight excluding hydrogens is 429 g/mol. The number of nitrogens with one attached hydrogen (secondary N) is 4. The fourth-order valence-corrected chi connectivity index (χ4v) is 4.62. The monoisotopic (exact) mass is 457 g/mol. The van der Waals surface area contributed by atoms with Gasteiger partial charge in [-0.05, 0) is 70.1 Å². The molecule has 2 aliphatic carbocycles. The highest BCUT2D eigenvalue weighted by molar-refractivity contribution is 6.07. The van der Waals surface area contributed by atoms with Crippen LogP contribution in [0.15, 0.2) is 35.1 Å². The van der Waals surface area contributed by atoms with E-state index in [9.17, 15) is 18.8 Å². The number of hydrogen-bond acceptors (Lipinski definition) is 6. The van der Waals surface area contributed by atoms with Crippen LogP contribution >= 0.6 is 0 Å². The van der Waals surface area contributed by atoms with E-state index in [0.29, 0.717) is 0 Å². The van der Waals surface area contributed by atoms with Crippen LogP contribution in [0.25, 0.3) is 0 Å². The van der Waals surface area contributed by atoms with Crippen molar-refractivity contribution in [3.05, 3.63) is 52.2 Å². The third-order valence-electron chi connectivity index (χ3n) is 5.90. The molecule has 10 heteroatoms. The smallest absolute Gasteiger partial charge is 0.407 e. The quantitative estimate of drug-likeness (QED) is 0.510. The second kappa shape index (κ2) is 8.49. The van der Waals surface area contributed by atoms with E-state index in [4.69, 9.17) is 4.74 Å². The molecule has 0 aliphatic heterocycles. The molecule has 0 radical (unpaired) electrons. The summed E-state index contributed by atoms with van der Waals surface area (Å²) >= 11 is 0. The molecule has 2 fully saturated rings. The summed E-state index contributed by atoms with van der Waals surface area (Å²) in [5.74, 6) is -0.802.